The number of hydrogen-bond donors (Lipinski definition) is 1. The summed E-state index contributed by atoms with van der Waals surface area (Å²) in [6.07, 6.45) is 6.47. The van der Waals surface area contributed by atoms with E-state index in [1.807, 2.05) is 18.7 Å². The lowest BCUT2D eigenvalue weighted by atomic mass is 10.2. The zero-order valence-electron chi connectivity index (χ0n) is 17.1. The second kappa shape index (κ2) is 8.78. The highest BCUT2D eigenvalue weighted by Gasteiger charge is 2.33. The summed E-state index contributed by atoms with van der Waals surface area (Å²) in [7, 11) is 0. The highest BCUT2D eigenvalue weighted by Crippen LogP contribution is 2.37. The molecule has 0 aliphatic heterocycles. The molecule has 2 aliphatic rings. The lowest BCUT2D eigenvalue weighted by Crippen LogP contribution is -2.39. The molecule has 0 saturated heterocycles. The molecule has 1 amide bonds. The number of ether oxygens (including phenoxy) is 1. The van der Waals surface area contributed by atoms with Crippen molar-refractivity contribution in [2.24, 2.45) is 0 Å². The Hall–Kier alpha value is -2.33. The van der Waals surface area contributed by atoms with Gasteiger partial charge in [-0.2, -0.15) is 5.26 Å². The minimum Gasteiger partial charge on any atom is -0.465 e. The van der Waals surface area contributed by atoms with Crippen molar-refractivity contribution in [1.29, 1.82) is 5.26 Å². The van der Waals surface area contributed by atoms with Gasteiger partial charge in [0.25, 0.3) is 0 Å². The van der Waals surface area contributed by atoms with Crippen molar-refractivity contribution in [3.05, 3.63) is 16.8 Å². The van der Waals surface area contributed by atoms with Crippen LogP contribution >= 0.6 is 0 Å². The van der Waals surface area contributed by atoms with Gasteiger partial charge in [-0.3, -0.25) is 14.5 Å². The predicted octanol–water partition coefficient (Wildman–Crippen LogP) is 3.06. The summed E-state index contributed by atoms with van der Waals surface area (Å²) < 4.78 is 7.18. The lowest BCUT2D eigenvalue weighted by molar-refractivity contribution is -0.144. The summed E-state index contributed by atoms with van der Waals surface area (Å²) in [5.74, 6) is 0.117. The molecule has 2 aliphatic carbocycles. The molecule has 2 fully saturated rings. The summed E-state index contributed by atoms with van der Waals surface area (Å²) in [6.45, 7) is 6.31. The van der Waals surface area contributed by atoms with Gasteiger partial charge >= 0.3 is 5.97 Å². The van der Waals surface area contributed by atoms with Crippen molar-refractivity contribution in [1.82, 2.24) is 9.47 Å². The van der Waals surface area contributed by atoms with Crippen molar-refractivity contribution in [2.75, 3.05) is 25.0 Å². The quantitative estimate of drug-likeness (QED) is 0.694. The number of carbonyl (C=O) groups excluding carboxylic acids is 2. The Balaban J connectivity index is 1.76. The van der Waals surface area contributed by atoms with E-state index in [0.717, 1.165) is 36.9 Å². The molecule has 152 valence electrons. The molecule has 1 N–H and O–H groups in total. The molecular weight excluding hydrogens is 356 g/mol. The first kappa shape index (κ1) is 20.4. The normalized spacial score (nSPS) is 17.0. The van der Waals surface area contributed by atoms with Gasteiger partial charge in [-0.25, -0.2) is 0 Å². The van der Waals surface area contributed by atoms with Crippen LogP contribution in [0, 0.1) is 25.2 Å². The Morgan fingerprint density at radius 3 is 2.46 bits per heavy atom. The zero-order chi connectivity index (χ0) is 20.3. The topological polar surface area (TPSA) is 87.4 Å². The number of rotatable bonds is 8. The lowest BCUT2D eigenvalue weighted by Gasteiger charge is -2.22. The van der Waals surface area contributed by atoms with Crippen molar-refractivity contribution in [3.8, 4) is 6.07 Å². The molecule has 7 nitrogen and oxygen atoms in total. The molecule has 0 atom stereocenters. The Morgan fingerprint density at radius 2 is 1.89 bits per heavy atom. The molecule has 1 aromatic rings. The third-order valence-corrected chi connectivity index (χ3v) is 5.86. The van der Waals surface area contributed by atoms with Gasteiger partial charge in [0.05, 0.1) is 25.3 Å². The van der Waals surface area contributed by atoms with Crippen LogP contribution in [0.15, 0.2) is 0 Å². The third-order valence-electron chi connectivity index (χ3n) is 5.86. The van der Waals surface area contributed by atoms with Crippen molar-refractivity contribution >= 4 is 17.7 Å². The van der Waals surface area contributed by atoms with Crippen LogP contribution in [0.1, 0.15) is 68.3 Å². The van der Waals surface area contributed by atoms with E-state index in [1.54, 1.807) is 6.92 Å². The van der Waals surface area contributed by atoms with Crippen LogP contribution in [0.3, 0.4) is 0 Å². The SMILES string of the molecule is CCOC(=O)CN(CC(=O)Nc1c(C#N)c(C)c(C)n1C1CCCC1)C1CC1. The molecule has 1 heterocycles. The Morgan fingerprint density at radius 1 is 1.21 bits per heavy atom. The van der Waals surface area contributed by atoms with E-state index in [9.17, 15) is 14.9 Å². The number of hydrogen-bond acceptors (Lipinski definition) is 5. The fourth-order valence-electron chi connectivity index (χ4n) is 4.19. The van der Waals surface area contributed by atoms with Crippen molar-refractivity contribution in [2.45, 2.75) is 71.4 Å². The van der Waals surface area contributed by atoms with Gasteiger partial charge in [0.15, 0.2) is 0 Å². The van der Waals surface area contributed by atoms with E-state index < -0.39 is 0 Å². The standard InChI is InChI=1S/C21H30N4O3/c1-4-28-20(27)13-24(16-9-10-16)12-19(26)23-21-18(11-22)14(2)15(3)25(21)17-7-5-6-8-17/h16-17H,4-10,12-13H2,1-3H3,(H,23,26). The molecule has 0 bridgehead atoms. The van der Waals surface area contributed by atoms with Crippen molar-refractivity contribution in [3.63, 3.8) is 0 Å². The highest BCUT2D eigenvalue weighted by atomic mass is 16.5. The van der Waals surface area contributed by atoms with E-state index in [4.69, 9.17) is 4.74 Å². The molecule has 3 rings (SSSR count). The second-order valence-electron chi connectivity index (χ2n) is 7.84. The number of carbonyl (C=O) groups is 2. The van der Waals surface area contributed by atoms with Gasteiger partial charge in [0.2, 0.25) is 5.91 Å². The van der Waals surface area contributed by atoms with E-state index in [0.29, 0.717) is 24.0 Å². The minimum absolute atomic E-state index is 0.124. The monoisotopic (exact) mass is 386 g/mol. The fourth-order valence-corrected chi connectivity index (χ4v) is 4.19. The van der Waals surface area contributed by atoms with Gasteiger partial charge < -0.3 is 14.6 Å². The maximum Gasteiger partial charge on any atom is 0.320 e. The zero-order valence-corrected chi connectivity index (χ0v) is 17.1. The van der Waals surface area contributed by atoms with Crippen LogP contribution in [-0.2, 0) is 14.3 Å². The van der Waals surface area contributed by atoms with Gasteiger partial charge in [-0.05, 0) is 52.0 Å². The number of amides is 1. The highest BCUT2D eigenvalue weighted by molar-refractivity contribution is 5.93. The number of aromatic nitrogens is 1. The number of nitrogens with zero attached hydrogens (tertiary/aromatic N) is 3. The summed E-state index contributed by atoms with van der Waals surface area (Å²) in [5, 5.41) is 12.7. The smallest absolute Gasteiger partial charge is 0.320 e. The van der Waals surface area contributed by atoms with E-state index >= 15 is 0 Å². The van der Waals surface area contributed by atoms with Crippen molar-refractivity contribution < 1.29 is 14.3 Å². The van der Waals surface area contributed by atoms with Crippen LogP contribution in [0.5, 0.6) is 0 Å². The summed E-state index contributed by atoms with van der Waals surface area (Å²) in [6, 6.07) is 2.86. The van der Waals surface area contributed by atoms with E-state index in [2.05, 4.69) is 16.0 Å². The summed E-state index contributed by atoms with van der Waals surface area (Å²) >= 11 is 0. The van der Waals surface area contributed by atoms with Crippen LogP contribution in [-0.4, -0.2) is 47.1 Å². The van der Waals surface area contributed by atoms with Crippen LogP contribution in [0.25, 0.3) is 0 Å². The summed E-state index contributed by atoms with van der Waals surface area (Å²) in [4.78, 5) is 26.6. The fraction of sp³-hybridized carbons (Fsp3) is 0.667. The molecule has 28 heavy (non-hydrogen) atoms. The number of nitriles is 1. The third kappa shape index (κ3) is 4.39. The Bertz CT molecular complexity index is 783. The number of esters is 1. The van der Waals surface area contributed by atoms with Crippen LogP contribution in [0.2, 0.25) is 0 Å². The number of nitrogens with one attached hydrogen (secondary N) is 1. The molecule has 2 saturated carbocycles. The molecular formula is C21H30N4O3. The average molecular weight is 386 g/mol. The van der Waals surface area contributed by atoms with Gasteiger partial charge in [-0.1, -0.05) is 12.8 Å². The Labute approximate surface area is 166 Å². The van der Waals surface area contributed by atoms with E-state index in [-0.39, 0.29) is 31.0 Å². The van der Waals surface area contributed by atoms with E-state index in [1.165, 1.54) is 12.8 Å². The predicted molar refractivity (Wildman–Crippen MR) is 106 cm³/mol. The van der Waals surface area contributed by atoms with Crippen LogP contribution in [0.4, 0.5) is 5.82 Å². The molecule has 7 heteroatoms. The minimum atomic E-state index is -0.305. The first-order chi connectivity index (χ1) is 13.5. The average Bonchev–Trinajstić information content (AvgIpc) is 3.31. The van der Waals surface area contributed by atoms with Gasteiger partial charge in [0.1, 0.15) is 11.9 Å². The molecule has 0 aromatic carbocycles. The first-order valence-electron chi connectivity index (χ1n) is 10.3. The Kier molecular flexibility index (Phi) is 6.40. The maximum absolute atomic E-state index is 12.8. The molecule has 0 unspecified atom stereocenters. The number of anilines is 1. The molecule has 0 radical (unpaired) electrons. The largest absolute Gasteiger partial charge is 0.465 e. The second-order valence-corrected chi connectivity index (χ2v) is 7.84. The van der Waals surface area contributed by atoms with Gasteiger partial charge in [-0.15, -0.1) is 0 Å². The maximum atomic E-state index is 12.8. The molecule has 1 aromatic heterocycles. The van der Waals surface area contributed by atoms with Gasteiger partial charge in [0, 0.05) is 17.8 Å². The first-order valence-corrected chi connectivity index (χ1v) is 10.3. The van der Waals surface area contributed by atoms with Crippen LogP contribution < -0.4 is 5.32 Å². The summed E-state index contributed by atoms with van der Waals surface area (Å²) in [5.41, 5.74) is 2.51. The molecule has 0 spiro atoms.